The fourth-order valence-corrected chi connectivity index (χ4v) is 6.51. The van der Waals surface area contributed by atoms with Gasteiger partial charge in [0.15, 0.2) is 5.82 Å². The smallest absolute Gasteiger partial charge is 0.227 e. The summed E-state index contributed by atoms with van der Waals surface area (Å²) in [5, 5.41) is 3.20. The van der Waals surface area contributed by atoms with E-state index in [-0.39, 0.29) is 5.82 Å². The van der Waals surface area contributed by atoms with Crippen LogP contribution in [-0.2, 0) is 23.6 Å². The first kappa shape index (κ1) is 20.5. The van der Waals surface area contributed by atoms with Gasteiger partial charge in [-0.25, -0.2) is 9.37 Å². The predicted octanol–water partition coefficient (Wildman–Crippen LogP) is 4.88. The van der Waals surface area contributed by atoms with Gasteiger partial charge in [0.05, 0.1) is 16.5 Å². The minimum absolute atomic E-state index is 0.322. The zero-order chi connectivity index (χ0) is 22.4. The van der Waals surface area contributed by atoms with Gasteiger partial charge < -0.3 is 10.2 Å². The van der Waals surface area contributed by atoms with Gasteiger partial charge >= 0.3 is 0 Å². The summed E-state index contributed by atoms with van der Waals surface area (Å²) in [7, 11) is -1.14. The van der Waals surface area contributed by atoms with Gasteiger partial charge in [-0.15, -0.1) is 0 Å². The molecule has 2 aromatic carbocycles. The van der Waals surface area contributed by atoms with Gasteiger partial charge in [0, 0.05) is 31.0 Å². The van der Waals surface area contributed by atoms with E-state index in [1.807, 2.05) is 0 Å². The highest BCUT2D eigenvalue weighted by atomic mass is 32.2. The van der Waals surface area contributed by atoms with Crippen molar-refractivity contribution in [2.45, 2.75) is 30.6 Å². The average Bonchev–Trinajstić information content (AvgIpc) is 3.43. The zero-order valence-corrected chi connectivity index (χ0v) is 19.1. The number of rotatable bonds is 4. The van der Waals surface area contributed by atoms with Gasteiger partial charge in [0.1, 0.15) is 10.7 Å². The van der Waals surface area contributed by atoms with Gasteiger partial charge in [-0.1, -0.05) is 36.4 Å². The van der Waals surface area contributed by atoms with Crippen LogP contribution >= 0.6 is 0 Å². The van der Waals surface area contributed by atoms with Crippen molar-refractivity contribution in [2.24, 2.45) is 5.92 Å². The molecule has 1 unspecified atom stereocenters. The largest absolute Gasteiger partial charge is 0.341 e. The molecule has 3 aliphatic rings. The third kappa shape index (κ3) is 3.84. The van der Waals surface area contributed by atoms with E-state index in [0.29, 0.717) is 40.4 Å². The van der Waals surface area contributed by atoms with Crippen LogP contribution in [0.5, 0.6) is 0 Å². The number of halogens is 1. The molecule has 1 aliphatic carbocycles. The molecule has 1 aromatic heterocycles. The second-order valence-corrected chi connectivity index (χ2v) is 10.4. The average molecular weight is 461 g/mol. The second-order valence-electron chi connectivity index (χ2n) is 8.87. The van der Waals surface area contributed by atoms with Crippen molar-refractivity contribution in [2.75, 3.05) is 29.1 Å². The Labute approximate surface area is 195 Å². The molecule has 0 saturated carbocycles. The summed E-state index contributed by atoms with van der Waals surface area (Å²) in [5.41, 5.74) is 5.76. The van der Waals surface area contributed by atoms with Crippen LogP contribution in [0.3, 0.4) is 0 Å². The van der Waals surface area contributed by atoms with Crippen LogP contribution in [0.15, 0.2) is 59.5 Å². The number of benzene rings is 2. The molecule has 0 spiro atoms. The topological polar surface area (TPSA) is 58.1 Å². The fourth-order valence-electron chi connectivity index (χ4n) is 5.20. The van der Waals surface area contributed by atoms with Crippen LogP contribution in [0.25, 0.3) is 5.57 Å². The monoisotopic (exact) mass is 460 g/mol. The number of fused-ring (bicyclic) bond motifs is 2. The van der Waals surface area contributed by atoms with Crippen LogP contribution in [0.2, 0.25) is 0 Å². The molecule has 3 heterocycles. The Bertz CT molecular complexity index is 1280. The summed E-state index contributed by atoms with van der Waals surface area (Å²) in [6.45, 7) is 1.76. The molecule has 1 saturated heterocycles. The molecule has 3 aromatic rings. The number of aromatic nitrogens is 2. The molecule has 1 fully saturated rings. The minimum atomic E-state index is -1.14. The molecule has 33 heavy (non-hydrogen) atoms. The number of allylic oxidation sites excluding steroid dienone is 2. The number of nitrogens with zero attached hydrogens (tertiary/aromatic N) is 3. The Hall–Kier alpha value is -3.06. The maximum absolute atomic E-state index is 13.7. The van der Waals surface area contributed by atoms with Gasteiger partial charge in [-0.2, -0.15) is 4.98 Å². The number of aryl methyl sites for hydroxylation is 1. The molecule has 1 N–H and O–H groups in total. The first-order valence-electron chi connectivity index (χ1n) is 11.5. The van der Waals surface area contributed by atoms with Crippen molar-refractivity contribution in [3.63, 3.8) is 0 Å². The van der Waals surface area contributed by atoms with Crippen molar-refractivity contribution in [3.8, 4) is 0 Å². The van der Waals surface area contributed by atoms with Crippen molar-refractivity contribution in [3.05, 3.63) is 77.2 Å². The van der Waals surface area contributed by atoms with Crippen LogP contribution < -0.4 is 10.2 Å². The lowest BCUT2D eigenvalue weighted by atomic mass is 9.86. The Morgan fingerprint density at radius 1 is 1.06 bits per heavy atom. The van der Waals surface area contributed by atoms with E-state index in [0.717, 1.165) is 38.0 Å². The molecular weight excluding hydrogens is 435 g/mol. The lowest BCUT2D eigenvalue weighted by Crippen LogP contribution is -2.35. The Kier molecular flexibility index (Phi) is 5.21. The van der Waals surface area contributed by atoms with E-state index in [2.05, 4.69) is 40.6 Å². The van der Waals surface area contributed by atoms with E-state index in [4.69, 9.17) is 9.97 Å². The summed E-state index contributed by atoms with van der Waals surface area (Å²) in [6, 6.07) is 15.0. The van der Waals surface area contributed by atoms with Gasteiger partial charge in [-0.3, -0.25) is 4.21 Å². The van der Waals surface area contributed by atoms with E-state index in [1.54, 1.807) is 12.1 Å². The van der Waals surface area contributed by atoms with Gasteiger partial charge in [0.25, 0.3) is 0 Å². The normalized spacial score (nSPS) is 19.8. The summed E-state index contributed by atoms with van der Waals surface area (Å²) < 4.78 is 26.3. The first-order chi connectivity index (χ1) is 16.2. The maximum atomic E-state index is 13.7. The lowest BCUT2D eigenvalue weighted by molar-refractivity contribution is 0.484. The minimum Gasteiger partial charge on any atom is -0.341 e. The molecule has 5 nitrogen and oxygen atoms in total. The van der Waals surface area contributed by atoms with E-state index >= 15 is 0 Å². The summed E-state index contributed by atoms with van der Waals surface area (Å²) in [5.74, 6) is 1.99. The Morgan fingerprint density at radius 2 is 1.91 bits per heavy atom. The molecule has 7 heteroatoms. The SMILES string of the molecule is O=S1CCc2nc(N3CCC(C4=CCc5ccccc54)CC3)nc(Nc3cccc(F)c3)c21. The number of anilines is 3. The molecule has 1 atom stereocenters. The van der Waals surface area contributed by atoms with Crippen molar-refractivity contribution in [1.29, 1.82) is 0 Å². The Morgan fingerprint density at radius 3 is 2.76 bits per heavy atom. The molecule has 6 rings (SSSR count). The second kappa shape index (κ2) is 8.37. The quantitative estimate of drug-likeness (QED) is 0.601. The maximum Gasteiger partial charge on any atom is 0.227 e. The molecule has 168 valence electrons. The highest BCUT2D eigenvalue weighted by molar-refractivity contribution is 7.85. The third-order valence-electron chi connectivity index (χ3n) is 6.85. The van der Waals surface area contributed by atoms with Crippen LogP contribution in [-0.4, -0.2) is 33.0 Å². The van der Waals surface area contributed by atoms with Crippen LogP contribution in [0, 0.1) is 11.7 Å². The first-order valence-corrected chi connectivity index (χ1v) is 12.8. The van der Waals surface area contributed by atoms with Crippen molar-refractivity contribution >= 4 is 33.8 Å². The van der Waals surface area contributed by atoms with Crippen LogP contribution in [0.1, 0.15) is 29.7 Å². The zero-order valence-electron chi connectivity index (χ0n) is 18.3. The summed E-state index contributed by atoms with van der Waals surface area (Å²) >= 11 is 0. The van der Waals surface area contributed by atoms with E-state index < -0.39 is 10.8 Å². The number of hydrogen-bond acceptors (Lipinski definition) is 5. The van der Waals surface area contributed by atoms with Crippen molar-refractivity contribution in [1.82, 2.24) is 9.97 Å². The number of nitrogens with one attached hydrogen (secondary N) is 1. The predicted molar refractivity (Wildman–Crippen MR) is 130 cm³/mol. The molecular formula is C26H25FN4OS. The third-order valence-corrected chi connectivity index (χ3v) is 8.31. The number of piperidine rings is 1. The van der Waals surface area contributed by atoms with Crippen LogP contribution in [0.4, 0.5) is 21.8 Å². The molecule has 0 bridgehead atoms. The fraction of sp³-hybridized carbons (Fsp3) is 0.308. The lowest BCUT2D eigenvalue weighted by Gasteiger charge is -2.33. The summed E-state index contributed by atoms with van der Waals surface area (Å²) in [6.07, 6.45) is 6.22. The highest BCUT2D eigenvalue weighted by Crippen LogP contribution is 2.39. The van der Waals surface area contributed by atoms with Crippen molar-refractivity contribution < 1.29 is 8.60 Å². The molecule has 0 amide bonds. The standard InChI is InChI=1S/C26H25FN4OS/c27-19-5-3-6-20(16-19)28-25-24-23(12-15-33(24)32)29-26(30-25)31-13-10-18(11-14-31)22-9-8-17-4-1-2-7-21(17)22/h1-7,9,16,18H,8,10-15H2,(H,28,29,30). The molecule has 2 aliphatic heterocycles. The van der Waals surface area contributed by atoms with Gasteiger partial charge in [0.2, 0.25) is 5.95 Å². The van der Waals surface area contributed by atoms with E-state index in [9.17, 15) is 8.60 Å². The van der Waals surface area contributed by atoms with Gasteiger partial charge in [-0.05, 0) is 60.1 Å². The summed E-state index contributed by atoms with van der Waals surface area (Å²) in [4.78, 5) is 12.5. The highest BCUT2D eigenvalue weighted by Gasteiger charge is 2.30. The van der Waals surface area contributed by atoms with E-state index in [1.165, 1.54) is 28.8 Å². The Balaban J connectivity index is 1.24. The number of hydrogen-bond donors (Lipinski definition) is 1. The molecule has 0 radical (unpaired) electrons.